The van der Waals surface area contributed by atoms with Gasteiger partial charge in [-0.1, -0.05) is 51.5 Å². The van der Waals surface area contributed by atoms with E-state index in [4.69, 9.17) is 4.42 Å². The van der Waals surface area contributed by atoms with Crippen molar-refractivity contribution in [1.29, 1.82) is 0 Å². The third-order valence-electron chi connectivity index (χ3n) is 5.66. The minimum atomic E-state index is -3.51. The van der Waals surface area contributed by atoms with Crippen LogP contribution in [0.1, 0.15) is 26.8 Å². The van der Waals surface area contributed by atoms with Crippen molar-refractivity contribution >= 4 is 53.1 Å². The normalized spacial score (nSPS) is 11.7. The molecule has 5 rings (SSSR count). The Morgan fingerprint density at radius 3 is 2.84 bits per heavy atom. The predicted molar refractivity (Wildman–Crippen MR) is 145 cm³/mol. The van der Waals surface area contributed by atoms with Gasteiger partial charge in [0.25, 0.3) is 5.91 Å². The molecule has 0 unspecified atom stereocenters. The first kappa shape index (κ1) is 25.3. The molecule has 2 aromatic carbocycles. The van der Waals surface area contributed by atoms with E-state index >= 15 is 0 Å². The Morgan fingerprint density at radius 2 is 2.03 bits per heavy atom. The van der Waals surface area contributed by atoms with Gasteiger partial charge in [-0.2, -0.15) is 0 Å². The quantitative estimate of drug-likeness (QED) is 0.262. The van der Waals surface area contributed by atoms with E-state index in [1.54, 1.807) is 12.4 Å². The summed E-state index contributed by atoms with van der Waals surface area (Å²) in [6.07, 6.45) is 3.19. The van der Waals surface area contributed by atoms with Crippen molar-refractivity contribution in [1.82, 2.24) is 25.3 Å². The molecule has 5 aromatic rings. The van der Waals surface area contributed by atoms with Crippen LogP contribution >= 0.6 is 27.3 Å². The zero-order valence-electron chi connectivity index (χ0n) is 19.7. The van der Waals surface area contributed by atoms with E-state index in [9.17, 15) is 13.2 Å². The van der Waals surface area contributed by atoms with E-state index in [2.05, 4.69) is 36.5 Å². The molecule has 0 radical (unpaired) electrons. The number of thiophene rings is 1. The maximum Gasteiger partial charge on any atom is 0.261 e. The van der Waals surface area contributed by atoms with Gasteiger partial charge in [0.2, 0.25) is 5.89 Å². The molecule has 37 heavy (non-hydrogen) atoms. The summed E-state index contributed by atoms with van der Waals surface area (Å²) in [4.78, 5) is 17.5. The molecule has 0 aliphatic rings. The Morgan fingerprint density at radius 1 is 1.19 bits per heavy atom. The molecule has 190 valence electrons. The van der Waals surface area contributed by atoms with Crippen molar-refractivity contribution < 1.29 is 17.6 Å². The Balaban J connectivity index is 1.15. The van der Waals surface area contributed by atoms with Crippen LogP contribution in [0.2, 0.25) is 0 Å². The van der Waals surface area contributed by atoms with Crippen LogP contribution < -0.4 is 5.32 Å². The number of hydrogen-bond donors (Lipinski definition) is 1. The molecule has 0 saturated heterocycles. The van der Waals surface area contributed by atoms with Gasteiger partial charge in [0.05, 0.1) is 34.5 Å². The van der Waals surface area contributed by atoms with E-state index in [0.29, 0.717) is 22.2 Å². The average molecular weight is 601 g/mol. The van der Waals surface area contributed by atoms with Crippen LogP contribution in [0.5, 0.6) is 0 Å². The van der Waals surface area contributed by atoms with Crippen molar-refractivity contribution in [2.75, 3.05) is 12.3 Å². The van der Waals surface area contributed by atoms with E-state index in [1.165, 1.54) is 16.0 Å². The number of carbonyl (C=O) groups excluding carboxylic acids is 1. The van der Waals surface area contributed by atoms with E-state index in [-0.39, 0.29) is 30.5 Å². The highest BCUT2D eigenvalue weighted by Gasteiger charge is 2.18. The van der Waals surface area contributed by atoms with Crippen molar-refractivity contribution in [3.05, 3.63) is 87.4 Å². The second-order valence-electron chi connectivity index (χ2n) is 8.44. The number of oxazole rings is 1. The molecule has 0 spiro atoms. The van der Waals surface area contributed by atoms with Gasteiger partial charge in [0, 0.05) is 21.3 Å². The number of carbonyl (C=O) groups is 1. The SMILES string of the molecule is Cc1c(C(=O)NCCS(=O)(=O)Cc2cn(Cc3ncc(-c4cccc(Br)c4)o3)nn2)sc2ccccc12. The van der Waals surface area contributed by atoms with Crippen LogP contribution in [0, 0.1) is 6.92 Å². The summed E-state index contributed by atoms with van der Waals surface area (Å²) in [7, 11) is -3.51. The van der Waals surface area contributed by atoms with Crippen molar-refractivity contribution in [2.24, 2.45) is 0 Å². The summed E-state index contributed by atoms with van der Waals surface area (Å²) >= 11 is 4.83. The number of aryl methyl sites for hydroxylation is 1. The summed E-state index contributed by atoms with van der Waals surface area (Å²) in [5, 5.41) is 11.7. The fraction of sp³-hybridized carbons (Fsp3) is 0.200. The minimum Gasteiger partial charge on any atom is -0.439 e. The second-order valence-corrected chi connectivity index (χ2v) is 12.6. The number of aromatic nitrogens is 4. The fourth-order valence-electron chi connectivity index (χ4n) is 3.87. The Labute approximate surface area is 225 Å². The molecule has 1 N–H and O–H groups in total. The molecular weight excluding hydrogens is 578 g/mol. The summed E-state index contributed by atoms with van der Waals surface area (Å²) in [6.45, 7) is 2.12. The molecule has 0 aliphatic carbocycles. The lowest BCUT2D eigenvalue weighted by Gasteiger charge is -2.05. The Hall–Kier alpha value is -3.35. The van der Waals surface area contributed by atoms with Gasteiger partial charge >= 0.3 is 0 Å². The Kier molecular flexibility index (Phi) is 7.22. The number of nitrogens with one attached hydrogen (secondary N) is 1. The third kappa shape index (κ3) is 5.97. The number of sulfone groups is 1. The summed E-state index contributed by atoms with van der Waals surface area (Å²) < 4.78 is 34.5. The van der Waals surface area contributed by atoms with Crippen LogP contribution in [-0.4, -0.2) is 46.6 Å². The number of hydrogen-bond acceptors (Lipinski definition) is 8. The molecule has 3 aromatic heterocycles. The lowest BCUT2D eigenvalue weighted by Crippen LogP contribution is -2.29. The van der Waals surface area contributed by atoms with Crippen LogP contribution in [-0.2, 0) is 22.1 Å². The standard InChI is InChI=1S/C25H22BrN5O4S2/c1-16-20-7-2-3-8-22(20)36-24(16)25(32)27-9-10-37(33,34)15-19-13-31(30-29-19)14-23-28-12-21(35-23)17-5-4-6-18(26)11-17/h2-8,11-13H,9-10,14-15H2,1H3,(H,27,32). The van der Waals surface area contributed by atoms with E-state index in [1.807, 2.05) is 55.5 Å². The van der Waals surface area contributed by atoms with Crippen LogP contribution in [0.15, 0.2) is 69.8 Å². The van der Waals surface area contributed by atoms with Crippen molar-refractivity contribution in [3.8, 4) is 11.3 Å². The lowest BCUT2D eigenvalue weighted by molar-refractivity contribution is 0.0959. The average Bonchev–Trinajstić information content (AvgIpc) is 3.59. The van der Waals surface area contributed by atoms with Gasteiger partial charge in [-0.25, -0.2) is 18.1 Å². The van der Waals surface area contributed by atoms with Gasteiger partial charge in [-0.3, -0.25) is 4.79 Å². The highest BCUT2D eigenvalue weighted by atomic mass is 79.9. The fourth-order valence-corrected chi connectivity index (χ4v) is 6.53. The number of benzene rings is 2. The highest BCUT2D eigenvalue weighted by molar-refractivity contribution is 9.10. The molecule has 3 heterocycles. The Bertz CT molecular complexity index is 1690. The predicted octanol–water partition coefficient (Wildman–Crippen LogP) is 4.61. The molecule has 0 aliphatic heterocycles. The minimum absolute atomic E-state index is 0.0116. The lowest BCUT2D eigenvalue weighted by atomic mass is 10.1. The number of amides is 1. The maximum atomic E-state index is 12.6. The van der Waals surface area contributed by atoms with E-state index in [0.717, 1.165) is 25.7 Å². The zero-order valence-corrected chi connectivity index (χ0v) is 22.9. The number of nitrogens with zero attached hydrogens (tertiary/aromatic N) is 4. The first-order chi connectivity index (χ1) is 17.8. The summed E-state index contributed by atoms with van der Waals surface area (Å²) in [5.41, 5.74) is 2.09. The van der Waals surface area contributed by atoms with Crippen LogP contribution in [0.3, 0.4) is 0 Å². The van der Waals surface area contributed by atoms with Crippen molar-refractivity contribution in [2.45, 2.75) is 19.2 Å². The topological polar surface area (TPSA) is 120 Å². The first-order valence-electron chi connectivity index (χ1n) is 11.3. The monoisotopic (exact) mass is 599 g/mol. The molecule has 0 bridgehead atoms. The number of halogens is 1. The number of rotatable bonds is 9. The molecule has 0 atom stereocenters. The molecule has 0 fully saturated rings. The molecule has 1 amide bonds. The molecule has 0 saturated carbocycles. The summed E-state index contributed by atoms with van der Waals surface area (Å²) in [6, 6.07) is 15.5. The first-order valence-corrected chi connectivity index (χ1v) is 14.8. The second kappa shape index (κ2) is 10.6. The highest BCUT2D eigenvalue weighted by Crippen LogP contribution is 2.30. The molecular formula is C25H22BrN5O4S2. The molecule has 9 nitrogen and oxygen atoms in total. The summed E-state index contributed by atoms with van der Waals surface area (Å²) in [5.74, 6) is 0.291. The van der Waals surface area contributed by atoms with Gasteiger partial charge in [-0.15, -0.1) is 16.4 Å². The smallest absolute Gasteiger partial charge is 0.261 e. The van der Waals surface area contributed by atoms with Gasteiger partial charge in [-0.05, 0) is 36.1 Å². The van der Waals surface area contributed by atoms with Crippen LogP contribution in [0.4, 0.5) is 0 Å². The van der Waals surface area contributed by atoms with Crippen LogP contribution in [0.25, 0.3) is 21.4 Å². The number of fused-ring (bicyclic) bond motifs is 1. The largest absolute Gasteiger partial charge is 0.439 e. The molecule has 12 heteroatoms. The zero-order chi connectivity index (χ0) is 26.0. The van der Waals surface area contributed by atoms with E-state index < -0.39 is 9.84 Å². The maximum absolute atomic E-state index is 12.6. The third-order valence-corrected chi connectivity index (χ3v) is 8.99. The van der Waals surface area contributed by atoms with Gasteiger partial charge in [0.15, 0.2) is 15.6 Å². The van der Waals surface area contributed by atoms with Crippen molar-refractivity contribution in [3.63, 3.8) is 0 Å². The van der Waals surface area contributed by atoms with Gasteiger partial charge in [0.1, 0.15) is 6.54 Å². The van der Waals surface area contributed by atoms with Gasteiger partial charge < -0.3 is 9.73 Å².